The van der Waals surface area contributed by atoms with Gasteiger partial charge in [0.1, 0.15) is 5.75 Å². The minimum Gasteiger partial charge on any atom is -0.495 e. The first-order valence-corrected chi connectivity index (χ1v) is 5.00. The third-order valence-corrected chi connectivity index (χ3v) is 2.52. The lowest BCUT2D eigenvalue weighted by molar-refractivity contribution is -0.138. The van der Waals surface area contributed by atoms with Crippen molar-refractivity contribution >= 4 is 11.6 Å². The van der Waals surface area contributed by atoms with E-state index in [1.807, 2.05) is 0 Å². The molecular formula is C10H11ClF3NO2. The molecule has 0 aromatic heterocycles. The number of hydrogen-bond donors (Lipinski definition) is 2. The summed E-state index contributed by atoms with van der Waals surface area (Å²) in [6, 6.07) is 0.687. The van der Waals surface area contributed by atoms with Crippen molar-refractivity contribution in [3.63, 3.8) is 0 Å². The van der Waals surface area contributed by atoms with Crippen LogP contribution in [-0.4, -0.2) is 18.8 Å². The minimum atomic E-state index is -4.58. The van der Waals surface area contributed by atoms with Gasteiger partial charge in [-0.2, -0.15) is 13.2 Å². The molecule has 0 aliphatic rings. The Hall–Kier alpha value is -0.980. The molecule has 1 atom stereocenters. The van der Waals surface area contributed by atoms with E-state index in [1.54, 1.807) is 0 Å². The minimum absolute atomic E-state index is 0.0133. The van der Waals surface area contributed by atoms with Gasteiger partial charge in [0.25, 0.3) is 0 Å². The number of aliphatic hydroxyl groups is 1. The number of halogens is 4. The molecule has 1 rings (SSSR count). The first kappa shape index (κ1) is 14.1. The SMILES string of the molecule is COc1cc(C(F)(F)F)c(C(N)CO)cc1Cl. The van der Waals surface area contributed by atoms with Crippen LogP contribution in [0.1, 0.15) is 17.2 Å². The fourth-order valence-corrected chi connectivity index (χ4v) is 1.63. The summed E-state index contributed by atoms with van der Waals surface area (Å²) in [6.07, 6.45) is -4.58. The largest absolute Gasteiger partial charge is 0.495 e. The van der Waals surface area contributed by atoms with Gasteiger partial charge in [0.2, 0.25) is 0 Å². The Morgan fingerprint density at radius 2 is 2.06 bits per heavy atom. The highest BCUT2D eigenvalue weighted by Crippen LogP contribution is 2.39. The van der Waals surface area contributed by atoms with Crippen molar-refractivity contribution < 1.29 is 23.0 Å². The fourth-order valence-electron chi connectivity index (χ4n) is 1.38. The van der Waals surface area contributed by atoms with E-state index in [1.165, 1.54) is 7.11 Å². The molecule has 0 fully saturated rings. The lowest BCUT2D eigenvalue weighted by Crippen LogP contribution is -2.20. The maximum Gasteiger partial charge on any atom is 0.416 e. The maximum absolute atomic E-state index is 12.8. The van der Waals surface area contributed by atoms with Crippen molar-refractivity contribution in [2.24, 2.45) is 5.73 Å². The van der Waals surface area contributed by atoms with Crippen molar-refractivity contribution in [3.8, 4) is 5.75 Å². The van der Waals surface area contributed by atoms with Gasteiger partial charge in [-0.3, -0.25) is 0 Å². The second-order valence-electron chi connectivity index (χ2n) is 3.36. The molecular weight excluding hydrogens is 259 g/mol. The van der Waals surface area contributed by atoms with Crippen molar-refractivity contribution in [2.75, 3.05) is 13.7 Å². The summed E-state index contributed by atoms with van der Waals surface area (Å²) in [6.45, 7) is -0.605. The average Bonchev–Trinajstić information content (AvgIpc) is 2.26. The Kier molecular flexibility index (Phi) is 4.24. The van der Waals surface area contributed by atoms with Gasteiger partial charge in [0.05, 0.1) is 30.3 Å². The lowest BCUT2D eigenvalue weighted by atomic mass is 10.0. The van der Waals surface area contributed by atoms with Gasteiger partial charge in [0.15, 0.2) is 0 Å². The van der Waals surface area contributed by atoms with Gasteiger partial charge >= 0.3 is 6.18 Å². The number of aliphatic hydroxyl groups excluding tert-OH is 1. The van der Waals surface area contributed by atoms with Crippen molar-refractivity contribution in [1.82, 2.24) is 0 Å². The van der Waals surface area contributed by atoms with E-state index >= 15 is 0 Å². The molecule has 1 aromatic rings. The van der Waals surface area contributed by atoms with Crippen molar-refractivity contribution in [1.29, 1.82) is 0 Å². The number of methoxy groups -OCH3 is 1. The molecule has 0 amide bonds. The Balaban J connectivity index is 3.42. The second-order valence-corrected chi connectivity index (χ2v) is 3.77. The van der Waals surface area contributed by atoms with Crippen LogP contribution in [0.2, 0.25) is 5.02 Å². The monoisotopic (exact) mass is 269 g/mol. The molecule has 0 saturated carbocycles. The molecule has 1 unspecified atom stereocenters. The Morgan fingerprint density at radius 1 is 1.47 bits per heavy atom. The number of rotatable bonds is 3. The van der Waals surface area contributed by atoms with E-state index in [-0.39, 0.29) is 16.3 Å². The zero-order valence-corrected chi connectivity index (χ0v) is 9.64. The van der Waals surface area contributed by atoms with Crippen LogP contribution in [0, 0.1) is 0 Å². The van der Waals surface area contributed by atoms with E-state index in [4.69, 9.17) is 27.2 Å². The number of alkyl halides is 3. The summed E-state index contributed by atoms with van der Waals surface area (Å²) in [5.74, 6) is -0.0899. The molecule has 17 heavy (non-hydrogen) atoms. The first-order chi connectivity index (χ1) is 7.81. The van der Waals surface area contributed by atoms with Crippen LogP contribution in [0.4, 0.5) is 13.2 Å². The Labute approximate surface area is 101 Å². The summed E-state index contributed by atoms with van der Waals surface area (Å²) < 4.78 is 43.0. The van der Waals surface area contributed by atoms with Crippen molar-refractivity contribution in [3.05, 3.63) is 28.3 Å². The quantitative estimate of drug-likeness (QED) is 0.886. The van der Waals surface area contributed by atoms with Crippen LogP contribution in [0.25, 0.3) is 0 Å². The number of ether oxygens (including phenoxy) is 1. The topological polar surface area (TPSA) is 55.5 Å². The molecule has 0 spiro atoms. The van der Waals surface area contributed by atoms with Gasteiger partial charge in [0, 0.05) is 0 Å². The Bertz CT molecular complexity index is 409. The normalized spacial score (nSPS) is 13.6. The summed E-state index contributed by atoms with van der Waals surface area (Å²) in [5, 5.41) is 8.84. The third-order valence-electron chi connectivity index (χ3n) is 2.23. The molecule has 0 radical (unpaired) electrons. The van der Waals surface area contributed by atoms with Crippen molar-refractivity contribution in [2.45, 2.75) is 12.2 Å². The van der Waals surface area contributed by atoms with Crippen LogP contribution < -0.4 is 10.5 Å². The van der Waals surface area contributed by atoms with Gasteiger partial charge in [-0.1, -0.05) is 11.6 Å². The summed E-state index contributed by atoms with van der Waals surface area (Å²) in [5.41, 5.74) is 4.19. The van der Waals surface area contributed by atoms with Crippen LogP contribution in [0.3, 0.4) is 0 Å². The Morgan fingerprint density at radius 3 is 2.47 bits per heavy atom. The van der Waals surface area contributed by atoms with Crippen LogP contribution in [0.15, 0.2) is 12.1 Å². The molecule has 0 aliphatic heterocycles. The van der Waals surface area contributed by atoms with E-state index in [0.29, 0.717) is 0 Å². The molecule has 0 heterocycles. The summed E-state index contributed by atoms with van der Waals surface area (Å²) in [4.78, 5) is 0. The highest BCUT2D eigenvalue weighted by molar-refractivity contribution is 6.32. The van der Waals surface area contributed by atoms with E-state index in [9.17, 15) is 13.2 Å². The number of hydrogen-bond acceptors (Lipinski definition) is 3. The van der Waals surface area contributed by atoms with Crippen LogP contribution in [-0.2, 0) is 6.18 Å². The van der Waals surface area contributed by atoms with Crippen LogP contribution >= 0.6 is 11.6 Å². The second kappa shape index (κ2) is 5.12. The predicted octanol–water partition coefficient (Wildman–Crippen LogP) is 2.36. The molecule has 0 aliphatic carbocycles. The summed E-state index contributed by atoms with van der Waals surface area (Å²) >= 11 is 5.72. The highest BCUT2D eigenvalue weighted by Gasteiger charge is 2.35. The smallest absolute Gasteiger partial charge is 0.416 e. The van der Waals surface area contributed by atoms with E-state index in [2.05, 4.69) is 0 Å². The standard InChI is InChI=1S/C10H11ClF3NO2/c1-17-9-3-6(10(12,13)14)5(2-7(9)11)8(15)4-16/h2-3,8,16H,4,15H2,1H3. The van der Waals surface area contributed by atoms with E-state index in [0.717, 1.165) is 12.1 Å². The van der Waals surface area contributed by atoms with Gasteiger partial charge < -0.3 is 15.6 Å². The molecule has 0 bridgehead atoms. The van der Waals surface area contributed by atoms with Crippen LogP contribution in [0.5, 0.6) is 5.75 Å². The summed E-state index contributed by atoms with van der Waals surface area (Å²) in [7, 11) is 1.22. The molecule has 1 aromatic carbocycles. The number of benzene rings is 1. The third kappa shape index (κ3) is 3.02. The molecule has 0 saturated heterocycles. The highest BCUT2D eigenvalue weighted by atomic mass is 35.5. The van der Waals surface area contributed by atoms with Gasteiger partial charge in [-0.15, -0.1) is 0 Å². The molecule has 96 valence electrons. The zero-order chi connectivity index (χ0) is 13.2. The first-order valence-electron chi connectivity index (χ1n) is 4.62. The van der Waals surface area contributed by atoms with E-state index < -0.39 is 24.4 Å². The maximum atomic E-state index is 12.8. The van der Waals surface area contributed by atoms with Gasteiger partial charge in [-0.05, 0) is 17.7 Å². The predicted molar refractivity (Wildman–Crippen MR) is 57.0 cm³/mol. The van der Waals surface area contributed by atoms with Gasteiger partial charge in [-0.25, -0.2) is 0 Å². The molecule has 7 heteroatoms. The zero-order valence-electron chi connectivity index (χ0n) is 8.88. The fraction of sp³-hybridized carbons (Fsp3) is 0.400. The average molecular weight is 270 g/mol. The molecule has 3 N–H and O–H groups in total. The molecule has 3 nitrogen and oxygen atoms in total. The number of nitrogens with two attached hydrogens (primary N) is 1. The lowest BCUT2D eigenvalue weighted by Gasteiger charge is -2.18.